The van der Waals surface area contributed by atoms with E-state index in [1.807, 2.05) is 43.7 Å². The van der Waals surface area contributed by atoms with Crippen LogP contribution >= 0.6 is 0 Å². The molecule has 7 nitrogen and oxygen atoms in total. The summed E-state index contributed by atoms with van der Waals surface area (Å²) in [6, 6.07) is 10.3. The molecular weight excluding hydrogens is 449 g/mol. The molecule has 1 aromatic heterocycles. The van der Waals surface area contributed by atoms with E-state index in [1.54, 1.807) is 6.07 Å². The summed E-state index contributed by atoms with van der Waals surface area (Å²) < 4.78 is 27.3. The van der Waals surface area contributed by atoms with Crippen LogP contribution in [0.4, 0.5) is 4.39 Å². The number of ether oxygens (including phenoxy) is 2. The number of hydrogen-bond donors (Lipinski definition) is 3. The highest BCUT2D eigenvalue weighted by atomic mass is 19.1. The monoisotopic (exact) mass is 485 g/mol. The highest BCUT2D eigenvalue weighted by molar-refractivity contribution is 6.05. The smallest absolute Gasteiger partial charge is 0.250 e. The number of amides is 1. The number of hydrogen-bond acceptors (Lipinski definition) is 5. The first kappa shape index (κ1) is 26.5. The van der Waals surface area contributed by atoms with Crippen LogP contribution in [0, 0.1) is 5.82 Å². The molecule has 190 valence electrons. The van der Waals surface area contributed by atoms with Gasteiger partial charge in [0.15, 0.2) is 11.5 Å². The first-order valence-corrected chi connectivity index (χ1v) is 11.9. The van der Waals surface area contributed by atoms with E-state index in [4.69, 9.17) is 20.3 Å². The number of nitrogens with two attached hydrogens (primary N) is 1. The second kappa shape index (κ2) is 11.6. The van der Waals surface area contributed by atoms with Crippen LogP contribution in [0.5, 0.6) is 11.5 Å². The van der Waals surface area contributed by atoms with Crippen molar-refractivity contribution in [1.29, 1.82) is 0 Å². The minimum absolute atomic E-state index is 0.0860. The van der Waals surface area contributed by atoms with Gasteiger partial charge < -0.3 is 30.2 Å². The molecule has 35 heavy (non-hydrogen) atoms. The van der Waals surface area contributed by atoms with E-state index in [2.05, 4.69) is 18.3 Å². The van der Waals surface area contributed by atoms with E-state index < -0.39 is 11.5 Å². The second-order valence-corrected chi connectivity index (χ2v) is 9.75. The molecule has 0 aliphatic heterocycles. The van der Waals surface area contributed by atoms with Crippen LogP contribution < -0.4 is 20.5 Å². The summed E-state index contributed by atoms with van der Waals surface area (Å²) in [6.45, 7) is 9.43. The van der Waals surface area contributed by atoms with Crippen LogP contribution in [0.25, 0.3) is 10.9 Å². The summed E-state index contributed by atoms with van der Waals surface area (Å²) >= 11 is 0. The number of aryl methyl sites for hydroxylation is 1. The Hall–Kier alpha value is -3.10. The lowest BCUT2D eigenvalue weighted by Gasteiger charge is -2.23. The van der Waals surface area contributed by atoms with E-state index in [-0.39, 0.29) is 18.5 Å². The predicted molar refractivity (Wildman–Crippen MR) is 136 cm³/mol. The maximum absolute atomic E-state index is 13.7. The average molecular weight is 486 g/mol. The van der Waals surface area contributed by atoms with Crippen LogP contribution in [0.2, 0.25) is 0 Å². The van der Waals surface area contributed by atoms with Gasteiger partial charge in [0.25, 0.3) is 5.91 Å². The Labute approximate surface area is 206 Å². The van der Waals surface area contributed by atoms with Crippen molar-refractivity contribution in [1.82, 2.24) is 9.88 Å². The molecule has 4 N–H and O–H groups in total. The van der Waals surface area contributed by atoms with E-state index in [9.17, 15) is 9.18 Å². The summed E-state index contributed by atoms with van der Waals surface area (Å²) in [7, 11) is 0. The lowest BCUT2D eigenvalue weighted by atomic mass is 10.0. The molecule has 0 spiro atoms. The number of aliphatic hydroxyl groups excluding tert-OH is 1. The van der Waals surface area contributed by atoms with Crippen molar-refractivity contribution in [2.24, 2.45) is 5.73 Å². The van der Waals surface area contributed by atoms with Gasteiger partial charge in [-0.2, -0.15) is 0 Å². The zero-order valence-electron chi connectivity index (χ0n) is 20.9. The highest BCUT2D eigenvalue weighted by Crippen LogP contribution is 2.31. The normalized spacial score (nSPS) is 12.6. The van der Waals surface area contributed by atoms with Crippen molar-refractivity contribution in [2.45, 2.75) is 58.7 Å². The quantitative estimate of drug-likeness (QED) is 0.336. The Balaban J connectivity index is 1.60. The van der Waals surface area contributed by atoms with Gasteiger partial charge in [-0.25, -0.2) is 4.39 Å². The molecule has 0 unspecified atom stereocenters. The van der Waals surface area contributed by atoms with Crippen molar-refractivity contribution in [3.63, 3.8) is 0 Å². The van der Waals surface area contributed by atoms with Gasteiger partial charge in [0.05, 0.1) is 11.1 Å². The van der Waals surface area contributed by atoms with Crippen LogP contribution in [0.3, 0.4) is 0 Å². The lowest BCUT2D eigenvalue weighted by Crippen LogP contribution is -2.32. The minimum atomic E-state index is -0.470. The van der Waals surface area contributed by atoms with Gasteiger partial charge in [-0.15, -0.1) is 0 Å². The Bertz CT molecular complexity index is 1150. The molecule has 0 bridgehead atoms. The maximum atomic E-state index is 13.7. The van der Waals surface area contributed by atoms with Crippen LogP contribution in [-0.4, -0.2) is 47.0 Å². The third kappa shape index (κ3) is 7.44. The number of fused-ring (bicyclic) bond motifs is 1. The lowest BCUT2D eigenvalue weighted by molar-refractivity contribution is 0.100. The van der Waals surface area contributed by atoms with E-state index >= 15 is 0 Å². The van der Waals surface area contributed by atoms with Crippen LogP contribution in [-0.2, 0) is 13.0 Å². The number of benzene rings is 2. The summed E-state index contributed by atoms with van der Waals surface area (Å²) in [5.41, 5.74) is 7.51. The largest absolute Gasteiger partial charge is 0.488 e. The summed E-state index contributed by atoms with van der Waals surface area (Å²) in [5, 5.41) is 13.5. The molecule has 1 atom stereocenters. The number of carbonyl (C=O) groups excluding carboxylic acids is 1. The SMILES string of the molecule is C[C@H](Cc1cc(C(N)=O)c2c(ccn2CCCO)c1)NCCOc1ccc(F)cc1OC(C)(C)C. The van der Waals surface area contributed by atoms with Gasteiger partial charge in [-0.05, 0) is 76.4 Å². The molecule has 1 amide bonds. The number of carbonyl (C=O) groups is 1. The fraction of sp³-hybridized carbons (Fsp3) is 0.444. The maximum Gasteiger partial charge on any atom is 0.250 e. The Morgan fingerprint density at radius 1 is 1.20 bits per heavy atom. The van der Waals surface area contributed by atoms with Crippen molar-refractivity contribution in [2.75, 3.05) is 19.8 Å². The van der Waals surface area contributed by atoms with Crippen molar-refractivity contribution >= 4 is 16.8 Å². The van der Waals surface area contributed by atoms with E-state index in [1.165, 1.54) is 12.1 Å². The number of rotatable bonds is 12. The summed E-state index contributed by atoms with van der Waals surface area (Å²) in [4.78, 5) is 12.2. The molecule has 3 rings (SSSR count). The van der Waals surface area contributed by atoms with Gasteiger partial charge in [0.1, 0.15) is 18.0 Å². The second-order valence-electron chi connectivity index (χ2n) is 9.75. The van der Waals surface area contributed by atoms with E-state index in [0.29, 0.717) is 49.6 Å². The van der Waals surface area contributed by atoms with Crippen LogP contribution in [0.1, 0.15) is 50.0 Å². The standard InChI is InChI=1S/C27H36FN3O4/c1-18(30-9-13-34-23-7-6-21(28)17-24(23)35-27(2,3)4)14-19-15-20-8-11-31(10-5-12-32)25(20)22(16-19)26(29)33/h6-8,11,15-18,30,32H,5,9-10,12-14H2,1-4H3,(H2,29,33)/t18-/m1/s1. The number of halogens is 1. The topological polar surface area (TPSA) is 98.7 Å². The zero-order valence-corrected chi connectivity index (χ0v) is 20.9. The molecule has 0 saturated heterocycles. The molecule has 1 heterocycles. The van der Waals surface area contributed by atoms with Crippen molar-refractivity contribution in [3.8, 4) is 11.5 Å². The van der Waals surface area contributed by atoms with Gasteiger partial charge in [0, 0.05) is 43.4 Å². The van der Waals surface area contributed by atoms with Crippen molar-refractivity contribution in [3.05, 3.63) is 59.5 Å². The predicted octanol–water partition coefficient (Wildman–Crippen LogP) is 4.04. The first-order valence-electron chi connectivity index (χ1n) is 11.9. The number of aromatic nitrogens is 1. The van der Waals surface area contributed by atoms with Gasteiger partial charge in [0.2, 0.25) is 0 Å². The Morgan fingerprint density at radius 3 is 2.66 bits per heavy atom. The number of nitrogens with zero attached hydrogens (tertiary/aromatic N) is 1. The van der Waals surface area contributed by atoms with Crippen LogP contribution in [0.15, 0.2) is 42.6 Å². The molecule has 3 aromatic rings. The molecule has 0 fully saturated rings. The number of primary amides is 1. The Morgan fingerprint density at radius 2 is 1.97 bits per heavy atom. The molecule has 8 heteroatoms. The first-order chi connectivity index (χ1) is 16.6. The molecular formula is C27H36FN3O4. The molecule has 0 aliphatic rings. The fourth-order valence-electron chi connectivity index (χ4n) is 4.05. The Kier molecular flexibility index (Phi) is 8.75. The summed E-state index contributed by atoms with van der Waals surface area (Å²) in [5.74, 6) is 0.0311. The number of aliphatic hydroxyl groups is 1. The third-order valence-corrected chi connectivity index (χ3v) is 5.46. The molecule has 0 radical (unpaired) electrons. The highest BCUT2D eigenvalue weighted by Gasteiger charge is 2.17. The zero-order chi connectivity index (χ0) is 25.6. The molecule has 0 aliphatic carbocycles. The van der Waals surface area contributed by atoms with Crippen molar-refractivity contribution < 1.29 is 23.8 Å². The molecule has 2 aromatic carbocycles. The fourth-order valence-corrected chi connectivity index (χ4v) is 4.05. The van der Waals surface area contributed by atoms with E-state index in [0.717, 1.165) is 16.5 Å². The number of nitrogens with one attached hydrogen (secondary N) is 1. The molecule has 0 saturated carbocycles. The third-order valence-electron chi connectivity index (χ3n) is 5.46. The summed E-state index contributed by atoms with van der Waals surface area (Å²) in [6.07, 6.45) is 3.23. The van der Waals surface area contributed by atoms with Gasteiger partial charge in [-0.1, -0.05) is 0 Å². The minimum Gasteiger partial charge on any atom is -0.488 e. The average Bonchev–Trinajstić information content (AvgIpc) is 3.17. The van der Waals surface area contributed by atoms with Gasteiger partial charge in [-0.3, -0.25) is 4.79 Å². The van der Waals surface area contributed by atoms with Gasteiger partial charge >= 0.3 is 0 Å².